The summed E-state index contributed by atoms with van der Waals surface area (Å²) in [6.45, 7) is 6.36. The van der Waals surface area contributed by atoms with Crippen LogP contribution in [0.1, 0.15) is 35.1 Å². The van der Waals surface area contributed by atoms with Crippen molar-refractivity contribution in [1.29, 1.82) is 0 Å². The monoisotopic (exact) mass is 220 g/mol. The van der Waals surface area contributed by atoms with Crippen molar-refractivity contribution >= 4 is 11.6 Å². The molecule has 1 heteroatoms. The lowest BCUT2D eigenvalue weighted by Gasteiger charge is -2.04. The number of aryl methyl sites for hydroxylation is 3. The van der Waals surface area contributed by atoms with Crippen LogP contribution < -0.4 is 0 Å². The summed E-state index contributed by atoms with van der Waals surface area (Å²) < 4.78 is 0. The smallest absolute Gasteiger partial charge is 0.0277 e. The van der Waals surface area contributed by atoms with Crippen molar-refractivity contribution in [3.05, 3.63) is 34.4 Å². The van der Waals surface area contributed by atoms with Crippen LogP contribution in [0, 0.1) is 32.6 Å². The Kier molecular flexibility index (Phi) is 4.72. The zero-order valence-electron chi connectivity index (χ0n) is 9.65. The highest BCUT2D eigenvalue weighted by atomic mass is 35.5. The van der Waals surface area contributed by atoms with Crippen LogP contribution in [0.15, 0.2) is 12.1 Å². The average molecular weight is 221 g/mol. The van der Waals surface area contributed by atoms with E-state index >= 15 is 0 Å². The van der Waals surface area contributed by atoms with Gasteiger partial charge in [0.05, 0.1) is 0 Å². The van der Waals surface area contributed by atoms with Crippen molar-refractivity contribution in [3.8, 4) is 11.8 Å². The van der Waals surface area contributed by atoms with Crippen molar-refractivity contribution in [3.63, 3.8) is 0 Å². The summed E-state index contributed by atoms with van der Waals surface area (Å²) in [5.41, 5.74) is 5.05. The third-order valence-corrected chi connectivity index (χ3v) is 2.77. The van der Waals surface area contributed by atoms with E-state index in [1.807, 2.05) is 0 Å². The van der Waals surface area contributed by atoms with Gasteiger partial charge in [-0.15, -0.1) is 11.6 Å². The van der Waals surface area contributed by atoms with Crippen molar-refractivity contribution in [2.24, 2.45) is 0 Å². The fourth-order valence-corrected chi connectivity index (χ4v) is 1.54. The maximum Gasteiger partial charge on any atom is 0.0277 e. The minimum absolute atomic E-state index is 0.695. The number of hydrogen-bond donors (Lipinski definition) is 0. The molecule has 0 radical (unpaired) electrons. The van der Waals surface area contributed by atoms with Gasteiger partial charge in [-0.3, -0.25) is 0 Å². The third-order valence-electron chi connectivity index (χ3n) is 2.50. The van der Waals surface area contributed by atoms with Gasteiger partial charge < -0.3 is 0 Å². The van der Waals surface area contributed by atoms with Gasteiger partial charge in [0, 0.05) is 17.9 Å². The summed E-state index contributed by atoms with van der Waals surface area (Å²) in [7, 11) is 0. The molecule has 0 nitrogen and oxygen atoms in total. The molecule has 0 N–H and O–H groups in total. The van der Waals surface area contributed by atoms with E-state index in [-0.39, 0.29) is 0 Å². The van der Waals surface area contributed by atoms with Gasteiger partial charge in [0.2, 0.25) is 0 Å². The first kappa shape index (κ1) is 12.1. The van der Waals surface area contributed by atoms with E-state index in [1.54, 1.807) is 0 Å². The van der Waals surface area contributed by atoms with Gasteiger partial charge in [0.15, 0.2) is 0 Å². The molecule has 15 heavy (non-hydrogen) atoms. The molecule has 0 aliphatic carbocycles. The van der Waals surface area contributed by atoms with Crippen LogP contribution in [0.25, 0.3) is 0 Å². The quantitative estimate of drug-likeness (QED) is 0.402. The third kappa shape index (κ3) is 3.61. The van der Waals surface area contributed by atoms with Gasteiger partial charge in [0.1, 0.15) is 0 Å². The Morgan fingerprint density at radius 1 is 1.07 bits per heavy atom. The molecule has 0 saturated carbocycles. The zero-order chi connectivity index (χ0) is 11.3. The van der Waals surface area contributed by atoms with E-state index in [0.717, 1.165) is 18.4 Å². The number of alkyl halides is 1. The van der Waals surface area contributed by atoms with E-state index in [4.69, 9.17) is 11.6 Å². The molecular weight excluding hydrogens is 204 g/mol. The van der Waals surface area contributed by atoms with E-state index in [9.17, 15) is 0 Å². The second-order valence-corrected chi connectivity index (χ2v) is 4.22. The zero-order valence-corrected chi connectivity index (χ0v) is 10.4. The number of rotatable bonds is 2. The van der Waals surface area contributed by atoms with Crippen molar-refractivity contribution < 1.29 is 0 Å². The molecular formula is C14H17Cl. The van der Waals surface area contributed by atoms with Gasteiger partial charge in [-0.25, -0.2) is 0 Å². The Balaban J connectivity index is 2.84. The van der Waals surface area contributed by atoms with Crippen LogP contribution in [0.4, 0.5) is 0 Å². The SMILES string of the molecule is Cc1cc(C)c(C#CCCCCl)cc1C. The van der Waals surface area contributed by atoms with E-state index in [1.165, 1.54) is 16.7 Å². The molecule has 0 spiro atoms. The molecule has 1 rings (SSSR count). The topological polar surface area (TPSA) is 0 Å². The molecule has 1 aromatic rings. The van der Waals surface area contributed by atoms with Gasteiger partial charge in [-0.2, -0.15) is 0 Å². The van der Waals surface area contributed by atoms with Crippen LogP contribution in [-0.2, 0) is 0 Å². The molecule has 0 unspecified atom stereocenters. The number of hydrogen-bond acceptors (Lipinski definition) is 0. The summed E-state index contributed by atoms with van der Waals surface area (Å²) in [4.78, 5) is 0. The molecule has 0 aromatic heterocycles. The largest absolute Gasteiger partial charge is 0.127 e. The van der Waals surface area contributed by atoms with Gasteiger partial charge in [0.25, 0.3) is 0 Å². The highest BCUT2D eigenvalue weighted by Crippen LogP contribution is 2.14. The number of benzene rings is 1. The fraction of sp³-hybridized carbons (Fsp3) is 0.429. The van der Waals surface area contributed by atoms with Crippen LogP contribution in [-0.4, -0.2) is 5.88 Å². The summed E-state index contributed by atoms with van der Waals surface area (Å²) >= 11 is 5.59. The summed E-state index contributed by atoms with van der Waals surface area (Å²) in [5.74, 6) is 7.06. The predicted octanol–water partition coefficient (Wildman–Crippen LogP) is 3.98. The lowest BCUT2D eigenvalue weighted by molar-refractivity contribution is 0.991. The predicted molar refractivity (Wildman–Crippen MR) is 67.5 cm³/mol. The molecule has 0 saturated heterocycles. The Morgan fingerprint density at radius 3 is 2.40 bits per heavy atom. The van der Waals surface area contributed by atoms with Gasteiger partial charge in [-0.05, 0) is 49.9 Å². The first-order valence-corrected chi connectivity index (χ1v) is 5.81. The number of halogens is 1. The minimum Gasteiger partial charge on any atom is -0.127 e. The molecule has 0 atom stereocenters. The molecule has 0 aliphatic heterocycles. The standard InChI is InChI=1S/C14H17Cl/c1-11-9-13(3)14(10-12(11)2)7-5-4-6-8-15/h9-10H,4,6,8H2,1-3H3. The van der Waals surface area contributed by atoms with Gasteiger partial charge >= 0.3 is 0 Å². The Hall–Kier alpha value is -0.930. The molecule has 0 fully saturated rings. The van der Waals surface area contributed by atoms with Crippen LogP contribution in [0.3, 0.4) is 0 Å². The molecule has 0 aliphatic rings. The van der Waals surface area contributed by atoms with Gasteiger partial charge in [-0.1, -0.05) is 17.9 Å². The van der Waals surface area contributed by atoms with Crippen LogP contribution in [0.2, 0.25) is 0 Å². The van der Waals surface area contributed by atoms with Crippen molar-refractivity contribution in [2.75, 3.05) is 5.88 Å². The van der Waals surface area contributed by atoms with E-state index in [0.29, 0.717) is 5.88 Å². The summed E-state index contributed by atoms with van der Waals surface area (Å²) in [6, 6.07) is 4.36. The highest BCUT2D eigenvalue weighted by Gasteiger charge is 1.98. The van der Waals surface area contributed by atoms with E-state index < -0.39 is 0 Å². The lowest BCUT2D eigenvalue weighted by Crippen LogP contribution is -1.88. The minimum atomic E-state index is 0.695. The maximum absolute atomic E-state index is 5.59. The lowest BCUT2D eigenvalue weighted by atomic mass is 10.0. The molecule has 0 heterocycles. The molecule has 80 valence electrons. The summed E-state index contributed by atoms with van der Waals surface area (Å²) in [6.07, 6.45) is 1.86. The first-order valence-electron chi connectivity index (χ1n) is 5.28. The van der Waals surface area contributed by atoms with Crippen molar-refractivity contribution in [2.45, 2.75) is 33.6 Å². The average Bonchev–Trinajstić information content (AvgIpc) is 2.20. The van der Waals surface area contributed by atoms with Crippen molar-refractivity contribution in [1.82, 2.24) is 0 Å². The van der Waals surface area contributed by atoms with Crippen LogP contribution >= 0.6 is 11.6 Å². The van der Waals surface area contributed by atoms with E-state index in [2.05, 4.69) is 44.7 Å². The second kappa shape index (κ2) is 5.83. The van der Waals surface area contributed by atoms with Crippen LogP contribution in [0.5, 0.6) is 0 Å². The Labute approximate surface area is 97.7 Å². The Morgan fingerprint density at radius 2 is 1.73 bits per heavy atom. The first-order chi connectivity index (χ1) is 7.15. The molecule has 1 aromatic carbocycles. The molecule has 0 bridgehead atoms. The molecule has 0 amide bonds. The second-order valence-electron chi connectivity index (χ2n) is 3.85. The highest BCUT2D eigenvalue weighted by molar-refractivity contribution is 6.17. The Bertz CT molecular complexity index is 394. The summed E-state index contributed by atoms with van der Waals surface area (Å²) in [5, 5.41) is 0. The fourth-order valence-electron chi connectivity index (χ4n) is 1.41. The number of unbranched alkanes of at least 4 members (excludes halogenated alkanes) is 1. The maximum atomic E-state index is 5.59. The normalized spacial score (nSPS) is 9.60.